The summed E-state index contributed by atoms with van der Waals surface area (Å²) < 4.78 is 5.82. The molecular weight excluding hydrogens is 227 g/mol. The highest BCUT2D eigenvalue weighted by molar-refractivity contribution is 7.62. The third-order valence-corrected chi connectivity index (χ3v) is 7.52. The zero-order valence-electron chi connectivity index (χ0n) is 11.4. The average Bonchev–Trinajstić information content (AvgIpc) is 2.24. The van der Waals surface area contributed by atoms with Crippen LogP contribution in [-0.2, 0) is 0 Å². The minimum absolute atomic E-state index is 0.0944. The third kappa shape index (κ3) is 2.83. The molecule has 0 aliphatic carbocycles. The Morgan fingerprint density at radius 3 is 2.18 bits per heavy atom. The van der Waals surface area contributed by atoms with Crippen LogP contribution < -0.4 is 4.74 Å². The lowest BCUT2D eigenvalue weighted by Crippen LogP contribution is -2.47. The smallest absolute Gasteiger partial charge is 0.119 e. The average molecular weight is 250 g/mol. The highest BCUT2D eigenvalue weighted by atomic mass is 31.1. The molecule has 0 spiro atoms. The normalized spacial score (nSPS) is 21.9. The Hall–Kier alpha value is -0.550. The van der Waals surface area contributed by atoms with E-state index in [1.54, 1.807) is 0 Å². The van der Waals surface area contributed by atoms with Crippen LogP contribution in [0.15, 0.2) is 30.3 Å². The fourth-order valence-corrected chi connectivity index (χ4v) is 7.38. The van der Waals surface area contributed by atoms with E-state index in [9.17, 15) is 0 Å². The summed E-state index contributed by atoms with van der Waals surface area (Å²) in [6.07, 6.45) is 2.58. The monoisotopic (exact) mass is 250 g/mol. The number of hydrogen-bond acceptors (Lipinski definition) is 1. The van der Waals surface area contributed by atoms with Crippen LogP contribution in [-0.4, -0.2) is 23.1 Å². The molecule has 1 aromatic rings. The first-order chi connectivity index (χ1) is 7.92. The lowest BCUT2D eigenvalue weighted by molar-refractivity contribution is 0.336. The van der Waals surface area contributed by atoms with Gasteiger partial charge in [-0.25, -0.2) is 0 Å². The maximum atomic E-state index is 5.82. The highest BCUT2D eigenvalue weighted by Crippen LogP contribution is 2.72. The molecule has 0 saturated carbocycles. The van der Waals surface area contributed by atoms with Crippen molar-refractivity contribution in [1.82, 2.24) is 0 Å². The lowest BCUT2D eigenvalue weighted by atomic mass is 9.96. The minimum Gasteiger partial charge on any atom is -0.493 e. The van der Waals surface area contributed by atoms with Gasteiger partial charge in [0.2, 0.25) is 0 Å². The van der Waals surface area contributed by atoms with E-state index in [-0.39, 0.29) is 7.92 Å². The first-order valence-electron chi connectivity index (χ1n) is 6.37. The predicted molar refractivity (Wildman–Crippen MR) is 76.5 cm³/mol. The molecule has 0 atom stereocenters. The number of ether oxygens (including phenoxy) is 1. The van der Waals surface area contributed by atoms with Gasteiger partial charge >= 0.3 is 0 Å². The van der Waals surface area contributed by atoms with Crippen LogP contribution in [0, 0.1) is 0 Å². The molecule has 17 heavy (non-hydrogen) atoms. The van der Waals surface area contributed by atoms with Crippen molar-refractivity contribution in [2.75, 3.05) is 12.8 Å². The molecule has 0 amide bonds. The Morgan fingerprint density at radius 2 is 1.65 bits per heavy atom. The standard InChI is InChI=1S/C15H23OP/c1-14(2)12-15(3,4)17(14)11-10-16-13-8-6-5-7-9-13/h5-9H,10-12H2,1-4H3. The van der Waals surface area contributed by atoms with Gasteiger partial charge in [-0.15, -0.1) is 0 Å². The van der Waals surface area contributed by atoms with Crippen LogP contribution in [0.25, 0.3) is 0 Å². The van der Waals surface area contributed by atoms with Gasteiger partial charge in [0.1, 0.15) is 5.75 Å². The topological polar surface area (TPSA) is 9.23 Å². The van der Waals surface area contributed by atoms with Crippen LogP contribution in [0.3, 0.4) is 0 Å². The van der Waals surface area contributed by atoms with Crippen molar-refractivity contribution in [1.29, 1.82) is 0 Å². The summed E-state index contributed by atoms with van der Waals surface area (Å²) >= 11 is 0. The first-order valence-corrected chi connectivity index (χ1v) is 7.90. The Bertz CT molecular complexity index is 356. The van der Waals surface area contributed by atoms with E-state index >= 15 is 0 Å². The minimum atomic E-state index is 0.0944. The second-order valence-electron chi connectivity index (χ2n) is 6.11. The number of rotatable bonds is 4. The second kappa shape index (κ2) is 4.61. The first kappa shape index (κ1) is 12.9. The van der Waals surface area contributed by atoms with Crippen molar-refractivity contribution in [3.05, 3.63) is 30.3 Å². The number of hydrogen-bond donors (Lipinski definition) is 0. The van der Waals surface area contributed by atoms with Crippen LogP contribution in [0.2, 0.25) is 0 Å². The van der Waals surface area contributed by atoms with Gasteiger partial charge in [0.15, 0.2) is 0 Å². The molecule has 2 rings (SSSR count). The van der Waals surface area contributed by atoms with Gasteiger partial charge in [-0.1, -0.05) is 53.8 Å². The maximum Gasteiger partial charge on any atom is 0.119 e. The maximum absolute atomic E-state index is 5.82. The molecule has 94 valence electrons. The number of benzene rings is 1. The molecule has 1 aromatic carbocycles. The quantitative estimate of drug-likeness (QED) is 0.714. The summed E-state index contributed by atoms with van der Waals surface area (Å²) in [4.78, 5) is 0. The summed E-state index contributed by atoms with van der Waals surface area (Å²) in [6.45, 7) is 10.5. The molecule has 0 radical (unpaired) electrons. The van der Waals surface area contributed by atoms with Gasteiger partial charge in [-0.05, 0) is 28.9 Å². The van der Waals surface area contributed by atoms with Crippen LogP contribution in [0.5, 0.6) is 5.75 Å². The summed E-state index contributed by atoms with van der Waals surface area (Å²) in [6, 6.07) is 10.1. The SMILES string of the molecule is CC1(C)CC(C)(C)P1CCOc1ccccc1. The summed E-state index contributed by atoms with van der Waals surface area (Å²) in [5.74, 6) is 0.999. The molecule has 1 fully saturated rings. The van der Waals surface area contributed by atoms with Crippen molar-refractivity contribution in [3.8, 4) is 5.75 Å². The van der Waals surface area contributed by atoms with Crippen molar-refractivity contribution in [3.63, 3.8) is 0 Å². The van der Waals surface area contributed by atoms with E-state index in [1.807, 2.05) is 30.3 Å². The Morgan fingerprint density at radius 1 is 1.06 bits per heavy atom. The molecule has 1 aliphatic rings. The summed E-state index contributed by atoms with van der Waals surface area (Å²) in [5, 5.41) is 1.11. The molecule has 0 N–H and O–H groups in total. The van der Waals surface area contributed by atoms with Gasteiger partial charge in [0, 0.05) is 6.16 Å². The van der Waals surface area contributed by atoms with Gasteiger partial charge < -0.3 is 4.74 Å². The molecule has 1 aliphatic heterocycles. The molecule has 1 nitrogen and oxygen atoms in total. The Labute approximate surface area is 106 Å². The van der Waals surface area contributed by atoms with E-state index < -0.39 is 0 Å². The fraction of sp³-hybridized carbons (Fsp3) is 0.600. The molecule has 2 heteroatoms. The third-order valence-electron chi connectivity index (χ3n) is 3.65. The van der Waals surface area contributed by atoms with Crippen LogP contribution in [0.4, 0.5) is 0 Å². The fourth-order valence-electron chi connectivity index (χ4n) is 3.35. The molecule has 1 saturated heterocycles. The van der Waals surface area contributed by atoms with E-state index in [0.717, 1.165) is 12.4 Å². The largest absolute Gasteiger partial charge is 0.493 e. The van der Waals surface area contributed by atoms with Crippen molar-refractivity contribution in [2.45, 2.75) is 44.4 Å². The van der Waals surface area contributed by atoms with E-state index in [0.29, 0.717) is 10.3 Å². The predicted octanol–water partition coefficient (Wildman–Crippen LogP) is 4.51. The second-order valence-corrected chi connectivity index (χ2v) is 9.84. The zero-order valence-corrected chi connectivity index (χ0v) is 12.3. The van der Waals surface area contributed by atoms with E-state index in [1.165, 1.54) is 12.6 Å². The lowest BCUT2D eigenvalue weighted by Gasteiger charge is -2.58. The van der Waals surface area contributed by atoms with Crippen molar-refractivity contribution in [2.24, 2.45) is 0 Å². The van der Waals surface area contributed by atoms with Crippen molar-refractivity contribution < 1.29 is 4.74 Å². The molecule has 0 bridgehead atoms. The Balaban J connectivity index is 1.83. The van der Waals surface area contributed by atoms with Gasteiger partial charge in [-0.3, -0.25) is 0 Å². The Kier molecular flexibility index (Phi) is 3.50. The highest BCUT2D eigenvalue weighted by Gasteiger charge is 2.51. The van der Waals surface area contributed by atoms with E-state index in [2.05, 4.69) is 27.7 Å². The molecule has 1 heterocycles. The van der Waals surface area contributed by atoms with E-state index in [4.69, 9.17) is 4.74 Å². The summed E-state index contributed by atoms with van der Waals surface area (Å²) in [5.41, 5.74) is 0. The van der Waals surface area contributed by atoms with Crippen molar-refractivity contribution >= 4 is 7.92 Å². The molecule has 0 aromatic heterocycles. The zero-order chi connectivity index (χ0) is 12.5. The van der Waals surface area contributed by atoms with Crippen LogP contribution >= 0.6 is 7.92 Å². The van der Waals surface area contributed by atoms with Gasteiger partial charge in [-0.2, -0.15) is 0 Å². The summed E-state index contributed by atoms with van der Waals surface area (Å²) in [7, 11) is 0.0944. The number of para-hydroxylation sites is 1. The van der Waals surface area contributed by atoms with Crippen LogP contribution in [0.1, 0.15) is 34.1 Å². The molecule has 0 unspecified atom stereocenters. The molecular formula is C15H23OP. The van der Waals surface area contributed by atoms with Gasteiger partial charge in [0.05, 0.1) is 6.61 Å². The van der Waals surface area contributed by atoms with Gasteiger partial charge in [0.25, 0.3) is 0 Å².